The summed E-state index contributed by atoms with van der Waals surface area (Å²) in [5, 5.41) is 12.7. The summed E-state index contributed by atoms with van der Waals surface area (Å²) in [6, 6.07) is 18.6. The molecular weight excluding hydrogens is 488 g/mol. The number of nitrogens with one attached hydrogen (secondary N) is 1. The van der Waals surface area contributed by atoms with Gasteiger partial charge in [-0.05, 0) is 42.5 Å². The van der Waals surface area contributed by atoms with Gasteiger partial charge in [-0.1, -0.05) is 57.5 Å². The molecule has 0 fully saturated rings. The summed E-state index contributed by atoms with van der Waals surface area (Å²) in [5.74, 6) is 1.48. The third kappa shape index (κ3) is 5.13. The highest BCUT2D eigenvalue weighted by atomic mass is 79.9. The molecule has 30 heavy (non-hydrogen) atoms. The fourth-order valence-electron chi connectivity index (χ4n) is 2.83. The maximum absolute atomic E-state index is 12.4. The number of aromatic nitrogens is 3. The van der Waals surface area contributed by atoms with Crippen molar-refractivity contribution in [3.63, 3.8) is 0 Å². The van der Waals surface area contributed by atoms with Crippen LogP contribution >= 0.6 is 39.3 Å². The third-order valence-electron chi connectivity index (χ3n) is 4.13. The molecule has 1 N–H and O–H groups in total. The van der Waals surface area contributed by atoms with E-state index in [1.807, 2.05) is 59.2 Å². The van der Waals surface area contributed by atoms with Crippen molar-refractivity contribution < 1.29 is 9.21 Å². The molecule has 0 unspecified atom stereocenters. The van der Waals surface area contributed by atoms with E-state index in [0.717, 1.165) is 21.5 Å². The number of carbonyl (C=O) groups excluding carboxylic acids is 1. The topological polar surface area (TPSA) is 73.0 Å². The van der Waals surface area contributed by atoms with E-state index >= 15 is 0 Å². The van der Waals surface area contributed by atoms with Gasteiger partial charge in [0.15, 0.2) is 11.0 Å². The van der Waals surface area contributed by atoms with Crippen LogP contribution in [0, 0.1) is 0 Å². The zero-order valence-corrected chi connectivity index (χ0v) is 18.7. The van der Waals surface area contributed by atoms with E-state index in [9.17, 15) is 4.79 Å². The van der Waals surface area contributed by atoms with Crippen molar-refractivity contribution in [3.8, 4) is 11.4 Å². The first-order valence-electron chi connectivity index (χ1n) is 8.98. The molecule has 0 bridgehead atoms. The van der Waals surface area contributed by atoms with Crippen molar-refractivity contribution in [1.29, 1.82) is 0 Å². The van der Waals surface area contributed by atoms with Crippen molar-refractivity contribution in [2.45, 2.75) is 11.7 Å². The summed E-state index contributed by atoms with van der Waals surface area (Å²) in [6.07, 6.45) is 1.62. The molecule has 4 aromatic rings. The average molecular weight is 504 g/mol. The summed E-state index contributed by atoms with van der Waals surface area (Å²) in [5.41, 5.74) is 1.57. The lowest BCUT2D eigenvalue weighted by atomic mass is 10.2. The van der Waals surface area contributed by atoms with Crippen LogP contribution in [0.15, 0.2) is 81.0 Å². The Morgan fingerprint density at radius 2 is 2.00 bits per heavy atom. The lowest BCUT2D eigenvalue weighted by Crippen LogP contribution is -2.14. The van der Waals surface area contributed by atoms with Gasteiger partial charge in [0.1, 0.15) is 5.76 Å². The Labute approximate surface area is 190 Å². The van der Waals surface area contributed by atoms with Crippen LogP contribution in [0.2, 0.25) is 5.02 Å². The van der Waals surface area contributed by atoms with Crippen LogP contribution in [0.4, 0.5) is 5.69 Å². The van der Waals surface area contributed by atoms with Gasteiger partial charge in [-0.2, -0.15) is 0 Å². The normalized spacial score (nSPS) is 10.9. The minimum atomic E-state index is -0.130. The van der Waals surface area contributed by atoms with Gasteiger partial charge in [0.2, 0.25) is 5.91 Å². The fraction of sp³-hybridized carbons (Fsp3) is 0.0952. The van der Waals surface area contributed by atoms with Gasteiger partial charge in [-0.25, -0.2) is 0 Å². The van der Waals surface area contributed by atoms with E-state index in [1.54, 1.807) is 12.3 Å². The fourth-order valence-corrected chi connectivity index (χ4v) is 4.16. The minimum absolute atomic E-state index is 0.130. The minimum Gasteiger partial charge on any atom is -0.467 e. The number of hydrogen-bond acceptors (Lipinski definition) is 5. The first kappa shape index (κ1) is 20.7. The monoisotopic (exact) mass is 502 g/mol. The van der Waals surface area contributed by atoms with E-state index < -0.39 is 0 Å². The largest absolute Gasteiger partial charge is 0.467 e. The Kier molecular flexibility index (Phi) is 6.56. The molecule has 0 aliphatic rings. The molecule has 0 radical (unpaired) electrons. The third-order valence-corrected chi connectivity index (χ3v) is 5.83. The molecule has 0 saturated carbocycles. The number of hydrogen-bond donors (Lipinski definition) is 1. The Morgan fingerprint density at radius 3 is 2.77 bits per heavy atom. The van der Waals surface area contributed by atoms with E-state index in [0.29, 0.717) is 22.5 Å². The van der Waals surface area contributed by atoms with Gasteiger partial charge in [0, 0.05) is 20.7 Å². The van der Waals surface area contributed by atoms with Crippen LogP contribution in [0.25, 0.3) is 11.4 Å². The predicted octanol–water partition coefficient (Wildman–Crippen LogP) is 5.73. The van der Waals surface area contributed by atoms with Crippen molar-refractivity contribution in [3.05, 3.63) is 82.2 Å². The Hall–Kier alpha value is -2.55. The molecule has 4 rings (SSSR count). The molecule has 9 heteroatoms. The molecule has 0 aliphatic carbocycles. The molecule has 2 heterocycles. The van der Waals surface area contributed by atoms with Crippen molar-refractivity contribution in [1.82, 2.24) is 14.8 Å². The highest BCUT2D eigenvalue weighted by Gasteiger charge is 2.17. The van der Waals surface area contributed by atoms with Crippen LogP contribution in [0.3, 0.4) is 0 Å². The zero-order chi connectivity index (χ0) is 20.9. The number of benzene rings is 2. The molecule has 2 aromatic heterocycles. The number of halogens is 2. The number of carbonyl (C=O) groups is 1. The number of rotatable bonds is 7. The Balaban J connectivity index is 1.54. The second-order valence-corrected chi connectivity index (χ2v) is 8.62. The Bertz CT molecular complexity index is 1160. The number of furan rings is 1. The second-order valence-electron chi connectivity index (χ2n) is 6.33. The number of thioether (sulfide) groups is 1. The summed E-state index contributed by atoms with van der Waals surface area (Å²) in [4.78, 5) is 12.4. The highest BCUT2D eigenvalue weighted by molar-refractivity contribution is 9.10. The van der Waals surface area contributed by atoms with Gasteiger partial charge in [-0.15, -0.1) is 10.2 Å². The maximum atomic E-state index is 12.4. The molecule has 2 aromatic carbocycles. The number of amides is 1. The standard InChI is InChI=1S/C21H16BrClN4O2S/c22-15-5-2-7-17(11-15)24-19(28)13-30-21-26-25-20(14-4-1-6-16(23)10-14)27(21)12-18-8-3-9-29-18/h1-11H,12-13H2,(H,24,28). The molecule has 0 spiro atoms. The molecule has 0 aliphatic heterocycles. The summed E-state index contributed by atoms with van der Waals surface area (Å²) in [7, 11) is 0. The van der Waals surface area contributed by atoms with Crippen LogP contribution in [0.5, 0.6) is 0 Å². The van der Waals surface area contributed by atoms with Crippen molar-refractivity contribution >= 4 is 50.9 Å². The predicted molar refractivity (Wildman–Crippen MR) is 122 cm³/mol. The molecular formula is C21H16BrClN4O2S. The van der Waals surface area contributed by atoms with Crippen LogP contribution in [0.1, 0.15) is 5.76 Å². The lowest BCUT2D eigenvalue weighted by molar-refractivity contribution is -0.113. The van der Waals surface area contributed by atoms with Crippen molar-refractivity contribution in [2.24, 2.45) is 0 Å². The van der Waals surface area contributed by atoms with E-state index in [1.165, 1.54) is 11.8 Å². The number of anilines is 1. The van der Waals surface area contributed by atoms with Gasteiger partial charge in [-0.3, -0.25) is 9.36 Å². The maximum Gasteiger partial charge on any atom is 0.234 e. The van der Waals surface area contributed by atoms with Crippen molar-refractivity contribution in [2.75, 3.05) is 11.1 Å². The first-order valence-corrected chi connectivity index (χ1v) is 11.1. The molecule has 152 valence electrons. The van der Waals surface area contributed by atoms with Crippen LogP contribution < -0.4 is 5.32 Å². The van der Waals surface area contributed by atoms with E-state index in [4.69, 9.17) is 16.0 Å². The smallest absolute Gasteiger partial charge is 0.234 e. The average Bonchev–Trinajstić information content (AvgIpc) is 3.37. The quantitative estimate of drug-likeness (QED) is 0.326. The highest BCUT2D eigenvalue weighted by Crippen LogP contribution is 2.27. The SMILES string of the molecule is O=C(CSc1nnc(-c2cccc(Cl)c2)n1Cc1ccco1)Nc1cccc(Br)c1. The molecule has 0 saturated heterocycles. The summed E-state index contributed by atoms with van der Waals surface area (Å²) >= 11 is 10.9. The molecule has 0 atom stereocenters. The van der Waals surface area contributed by atoms with Gasteiger partial charge < -0.3 is 9.73 Å². The van der Waals surface area contributed by atoms with Gasteiger partial charge in [0.05, 0.1) is 18.6 Å². The molecule has 1 amide bonds. The van der Waals surface area contributed by atoms with Crippen LogP contribution in [-0.2, 0) is 11.3 Å². The lowest BCUT2D eigenvalue weighted by Gasteiger charge is -2.09. The van der Waals surface area contributed by atoms with Gasteiger partial charge >= 0.3 is 0 Å². The van der Waals surface area contributed by atoms with E-state index in [2.05, 4.69) is 31.4 Å². The van der Waals surface area contributed by atoms with Gasteiger partial charge in [0.25, 0.3) is 0 Å². The summed E-state index contributed by atoms with van der Waals surface area (Å²) < 4.78 is 8.32. The zero-order valence-electron chi connectivity index (χ0n) is 15.6. The van der Waals surface area contributed by atoms with Crippen LogP contribution in [-0.4, -0.2) is 26.4 Å². The Morgan fingerprint density at radius 1 is 1.13 bits per heavy atom. The first-order chi connectivity index (χ1) is 14.6. The summed E-state index contributed by atoms with van der Waals surface area (Å²) in [6.45, 7) is 0.442. The van der Waals surface area contributed by atoms with E-state index in [-0.39, 0.29) is 11.7 Å². The second kappa shape index (κ2) is 9.51. The molecule has 6 nitrogen and oxygen atoms in total. The number of nitrogens with zero attached hydrogens (tertiary/aromatic N) is 3.